The summed E-state index contributed by atoms with van der Waals surface area (Å²) in [7, 11) is 0. The minimum absolute atomic E-state index is 0.0827. The Morgan fingerprint density at radius 3 is 2.51 bits per heavy atom. The molecule has 0 bridgehead atoms. The average molecular weight is 470 g/mol. The third kappa shape index (κ3) is 4.86. The first-order valence-electron chi connectivity index (χ1n) is 11.1. The van der Waals surface area contributed by atoms with Crippen LogP contribution in [0, 0.1) is 0 Å². The van der Waals surface area contributed by atoms with Crippen LogP contribution >= 0.6 is 0 Å². The number of hydrogen-bond donors (Lipinski definition) is 1. The van der Waals surface area contributed by atoms with Gasteiger partial charge in [-0.3, -0.25) is 4.79 Å². The van der Waals surface area contributed by atoms with Gasteiger partial charge in [0.2, 0.25) is 6.10 Å². The molecule has 0 saturated carbocycles. The maximum absolute atomic E-state index is 12.5. The lowest BCUT2D eigenvalue weighted by Crippen LogP contribution is -2.42. The van der Waals surface area contributed by atoms with E-state index in [0.29, 0.717) is 35.2 Å². The molecule has 0 spiro atoms. The number of nitrogens with one attached hydrogen (secondary N) is 1. The van der Waals surface area contributed by atoms with Crippen LogP contribution in [0.25, 0.3) is 22.1 Å². The van der Waals surface area contributed by atoms with Crippen LogP contribution in [0.4, 0.5) is 0 Å². The van der Waals surface area contributed by atoms with Crippen LogP contribution < -0.4 is 14.9 Å². The molecule has 2 heterocycles. The number of esters is 1. The number of benzene rings is 3. The SMILES string of the molecule is CCOC(=O)c1ccc(-c2ccc(/C=N\NC(=O)C3COc4cc5ccccc5cc4O3)o2)cc1. The normalized spacial score (nSPS) is 14.7. The summed E-state index contributed by atoms with van der Waals surface area (Å²) in [6.45, 7) is 2.17. The van der Waals surface area contributed by atoms with E-state index in [1.807, 2.05) is 36.4 Å². The topological polar surface area (TPSA) is 99.4 Å². The first kappa shape index (κ1) is 22.2. The number of furan rings is 1. The zero-order valence-corrected chi connectivity index (χ0v) is 18.9. The fourth-order valence-electron chi connectivity index (χ4n) is 3.68. The van der Waals surface area contributed by atoms with E-state index in [9.17, 15) is 9.59 Å². The second-order valence-corrected chi connectivity index (χ2v) is 7.80. The lowest BCUT2D eigenvalue weighted by atomic mass is 10.1. The molecule has 0 fully saturated rings. The molecule has 1 aliphatic rings. The molecule has 1 atom stereocenters. The van der Waals surface area contributed by atoms with Gasteiger partial charge in [-0.25, -0.2) is 10.2 Å². The Morgan fingerprint density at radius 1 is 1.03 bits per heavy atom. The van der Waals surface area contributed by atoms with Gasteiger partial charge < -0.3 is 18.6 Å². The van der Waals surface area contributed by atoms with Gasteiger partial charge in [-0.15, -0.1) is 0 Å². The van der Waals surface area contributed by atoms with Gasteiger partial charge in [-0.1, -0.05) is 36.4 Å². The molecule has 5 rings (SSSR count). The van der Waals surface area contributed by atoms with Crippen LogP contribution in [0.1, 0.15) is 23.0 Å². The molecular formula is C27H22N2O6. The van der Waals surface area contributed by atoms with Gasteiger partial charge in [0.1, 0.15) is 18.1 Å². The number of carbonyl (C=O) groups is 2. The molecule has 1 aromatic heterocycles. The van der Waals surface area contributed by atoms with Gasteiger partial charge >= 0.3 is 5.97 Å². The first-order chi connectivity index (χ1) is 17.1. The highest BCUT2D eigenvalue weighted by Crippen LogP contribution is 2.35. The van der Waals surface area contributed by atoms with Gasteiger partial charge in [0.25, 0.3) is 5.91 Å². The van der Waals surface area contributed by atoms with Gasteiger partial charge in [-0.2, -0.15) is 5.10 Å². The van der Waals surface area contributed by atoms with Crippen LogP contribution in [0.5, 0.6) is 11.5 Å². The van der Waals surface area contributed by atoms with E-state index in [-0.39, 0.29) is 12.6 Å². The van der Waals surface area contributed by atoms with Crippen molar-refractivity contribution in [3.05, 3.63) is 84.1 Å². The van der Waals surface area contributed by atoms with Crippen molar-refractivity contribution >= 4 is 28.9 Å². The molecular weight excluding hydrogens is 448 g/mol. The molecule has 35 heavy (non-hydrogen) atoms. The second kappa shape index (κ2) is 9.72. The number of ether oxygens (including phenoxy) is 3. The fraction of sp³-hybridized carbons (Fsp3) is 0.148. The third-order valence-electron chi connectivity index (χ3n) is 5.44. The summed E-state index contributed by atoms with van der Waals surface area (Å²) < 4.78 is 22.3. The van der Waals surface area contributed by atoms with Gasteiger partial charge in [0.15, 0.2) is 11.5 Å². The van der Waals surface area contributed by atoms with E-state index < -0.39 is 12.0 Å². The summed E-state index contributed by atoms with van der Waals surface area (Å²) in [6.07, 6.45) is 0.574. The molecule has 1 unspecified atom stereocenters. The van der Waals surface area contributed by atoms with Crippen molar-refractivity contribution < 1.29 is 28.2 Å². The molecule has 0 aliphatic carbocycles. The predicted octanol–water partition coefficient (Wildman–Crippen LogP) is 4.57. The molecule has 1 aliphatic heterocycles. The summed E-state index contributed by atoms with van der Waals surface area (Å²) in [5.41, 5.74) is 3.73. The van der Waals surface area contributed by atoms with Crippen molar-refractivity contribution in [3.63, 3.8) is 0 Å². The van der Waals surface area contributed by atoms with Crippen LogP contribution in [-0.2, 0) is 9.53 Å². The number of hydrazone groups is 1. The first-order valence-corrected chi connectivity index (χ1v) is 11.1. The molecule has 0 radical (unpaired) electrons. The number of hydrogen-bond acceptors (Lipinski definition) is 7. The Morgan fingerprint density at radius 2 is 1.77 bits per heavy atom. The summed E-state index contributed by atoms with van der Waals surface area (Å²) >= 11 is 0. The minimum atomic E-state index is -0.828. The second-order valence-electron chi connectivity index (χ2n) is 7.80. The molecule has 1 N–H and O–H groups in total. The average Bonchev–Trinajstić information content (AvgIpc) is 3.36. The summed E-state index contributed by atoms with van der Waals surface area (Å²) in [4.78, 5) is 24.3. The molecule has 176 valence electrons. The molecule has 3 aromatic carbocycles. The standard InChI is InChI=1S/C27H22N2O6/c1-2-32-27(31)18-9-7-17(8-10-18)22-12-11-21(34-22)15-28-29-26(30)25-16-33-23-13-19-5-3-4-6-20(19)14-24(23)35-25/h3-15,25H,2,16H2,1H3,(H,29,30)/b28-15-. The Balaban J connectivity index is 1.19. The fourth-order valence-corrected chi connectivity index (χ4v) is 3.68. The van der Waals surface area contributed by atoms with E-state index in [2.05, 4.69) is 10.5 Å². The van der Waals surface area contributed by atoms with Gasteiger partial charge in [0.05, 0.1) is 18.4 Å². The summed E-state index contributed by atoms with van der Waals surface area (Å²) in [5, 5.41) is 6.01. The van der Waals surface area contributed by atoms with Crippen molar-refractivity contribution in [2.24, 2.45) is 5.10 Å². The maximum Gasteiger partial charge on any atom is 0.338 e. The largest absolute Gasteiger partial charge is 0.485 e. The monoisotopic (exact) mass is 470 g/mol. The highest BCUT2D eigenvalue weighted by Gasteiger charge is 2.27. The molecule has 1 amide bonds. The highest BCUT2D eigenvalue weighted by molar-refractivity contribution is 5.90. The maximum atomic E-state index is 12.5. The van der Waals surface area contributed by atoms with Crippen molar-refractivity contribution in [3.8, 4) is 22.8 Å². The Hall–Kier alpha value is -4.59. The van der Waals surface area contributed by atoms with Gasteiger partial charge in [0, 0.05) is 5.56 Å². The van der Waals surface area contributed by atoms with Crippen molar-refractivity contribution in [1.29, 1.82) is 0 Å². The third-order valence-corrected chi connectivity index (χ3v) is 5.44. The van der Waals surface area contributed by atoms with Crippen LogP contribution in [0.3, 0.4) is 0 Å². The van der Waals surface area contributed by atoms with E-state index >= 15 is 0 Å². The predicted molar refractivity (Wildman–Crippen MR) is 130 cm³/mol. The zero-order valence-electron chi connectivity index (χ0n) is 18.9. The van der Waals surface area contributed by atoms with Crippen molar-refractivity contribution in [2.45, 2.75) is 13.0 Å². The van der Waals surface area contributed by atoms with Crippen LogP contribution in [0.2, 0.25) is 0 Å². The quantitative estimate of drug-likeness (QED) is 0.252. The van der Waals surface area contributed by atoms with Gasteiger partial charge in [-0.05, 0) is 54.1 Å². The van der Waals surface area contributed by atoms with Crippen LogP contribution in [-0.4, -0.2) is 37.4 Å². The molecule has 4 aromatic rings. The molecule has 8 heteroatoms. The lowest BCUT2D eigenvalue weighted by molar-refractivity contribution is -0.130. The van der Waals surface area contributed by atoms with Crippen molar-refractivity contribution in [2.75, 3.05) is 13.2 Å². The number of carbonyl (C=O) groups excluding carboxylic acids is 2. The molecule has 8 nitrogen and oxygen atoms in total. The Kier molecular flexibility index (Phi) is 6.17. The van der Waals surface area contributed by atoms with Crippen LogP contribution in [0.15, 0.2) is 82.3 Å². The van der Waals surface area contributed by atoms with E-state index in [1.54, 1.807) is 43.3 Å². The van der Waals surface area contributed by atoms with Crippen molar-refractivity contribution in [1.82, 2.24) is 5.43 Å². The Labute approximate surface area is 201 Å². The smallest absolute Gasteiger partial charge is 0.338 e. The van der Waals surface area contributed by atoms with E-state index in [4.69, 9.17) is 18.6 Å². The Bertz CT molecular complexity index is 1410. The summed E-state index contributed by atoms with van der Waals surface area (Å²) in [6, 6.07) is 22.0. The lowest BCUT2D eigenvalue weighted by Gasteiger charge is -2.25. The molecule has 0 saturated heterocycles. The number of amides is 1. The number of rotatable bonds is 6. The number of fused-ring (bicyclic) bond motifs is 2. The van der Waals surface area contributed by atoms with E-state index in [1.165, 1.54) is 6.21 Å². The highest BCUT2D eigenvalue weighted by atomic mass is 16.6. The summed E-state index contributed by atoms with van der Waals surface area (Å²) in [5.74, 6) is 1.37. The zero-order chi connectivity index (χ0) is 24.2. The minimum Gasteiger partial charge on any atom is -0.485 e. The van der Waals surface area contributed by atoms with E-state index in [0.717, 1.165) is 16.3 Å². The number of nitrogens with zero attached hydrogens (tertiary/aromatic N) is 1.